The van der Waals surface area contributed by atoms with E-state index in [1.165, 1.54) is 0 Å². The van der Waals surface area contributed by atoms with Crippen LogP contribution >= 0.6 is 0 Å². The summed E-state index contributed by atoms with van der Waals surface area (Å²) in [6.07, 6.45) is 0.900. The molecule has 0 spiro atoms. The predicted octanol–water partition coefficient (Wildman–Crippen LogP) is 1.26. The lowest BCUT2D eigenvalue weighted by Crippen LogP contribution is -2.49. The number of carbonyl (C=O) groups excluding carboxylic acids is 1. The first-order valence-electron chi connectivity index (χ1n) is 7.28. The van der Waals surface area contributed by atoms with Gasteiger partial charge in [0.05, 0.1) is 19.3 Å². The second-order valence-corrected chi connectivity index (χ2v) is 4.63. The van der Waals surface area contributed by atoms with Gasteiger partial charge in [-0.1, -0.05) is 20.3 Å². The molecule has 0 aromatic heterocycles. The topological polar surface area (TPSA) is 64.8 Å². The Bertz CT molecular complexity index is 227. The van der Waals surface area contributed by atoms with E-state index in [2.05, 4.69) is 0 Å². The first-order chi connectivity index (χ1) is 9.08. The lowest BCUT2D eigenvalue weighted by molar-refractivity contribution is -0.135. The smallest absolute Gasteiger partial charge is 0.239 e. The van der Waals surface area contributed by atoms with Crippen molar-refractivity contribution in [1.82, 2.24) is 4.90 Å². The molecule has 2 N–H and O–H groups in total. The standard InChI is InChI=1S/C14H30N2O3/c1-5-12(4)13(15)14(17)16(8-10-18-6-2)9-11-19-7-3/h12-13H,5-11,15H2,1-4H3/t12?,13-/m0/s1. The van der Waals surface area contributed by atoms with Crippen LogP contribution in [0.25, 0.3) is 0 Å². The summed E-state index contributed by atoms with van der Waals surface area (Å²) < 4.78 is 10.6. The summed E-state index contributed by atoms with van der Waals surface area (Å²) in [6.45, 7) is 11.5. The van der Waals surface area contributed by atoms with Gasteiger partial charge in [0, 0.05) is 26.3 Å². The van der Waals surface area contributed by atoms with Gasteiger partial charge in [0.25, 0.3) is 0 Å². The molecule has 0 bridgehead atoms. The lowest BCUT2D eigenvalue weighted by atomic mass is 9.99. The molecule has 19 heavy (non-hydrogen) atoms. The molecule has 114 valence electrons. The van der Waals surface area contributed by atoms with Gasteiger partial charge >= 0.3 is 0 Å². The fourth-order valence-electron chi connectivity index (χ4n) is 1.68. The maximum absolute atomic E-state index is 12.3. The van der Waals surface area contributed by atoms with Gasteiger partial charge in [-0.25, -0.2) is 0 Å². The first-order valence-corrected chi connectivity index (χ1v) is 7.28. The van der Waals surface area contributed by atoms with Crippen LogP contribution in [-0.2, 0) is 14.3 Å². The largest absolute Gasteiger partial charge is 0.380 e. The number of amides is 1. The molecule has 0 rings (SSSR count). The minimum atomic E-state index is -0.437. The summed E-state index contributed by atoms with van der Waals surface area (Å²) in [6, 6.07) is -0.437. The summed E-state index contributed by atoms with van der Waals surface area (Å²) in [4.78, 5) is 14.1. The van der Waals surface area contributed by atoms with Crippen LogP contribution in [0, 0.1) is 5.92 Å². The molecule has 0 aliphatic carbocycles. The zero-order valence-corrected chi connectivity index (χ0v) is 12.9. The second-order valence-electron chi connectivity index (χ2n) is 4.63. The van der Waals surface area contributed by atoms with Crippen molar-refractivity contribution in [3.8, 4) is 0 Å². The SMILES string of the molecule is CCOCCN(CCOCC)C(=O)[C@@H](N)C(C)CC. The third kappa shape index (κ3) is 7.50. The van der Waals surface area contributed by atoms with E-state index >= 15 is 0 Å². The van der Waals surface area contributed by atoms with Crippen LogP contribution in [0.2, 0.25) is 0 Å². The third-order valence-corrected chi connectivity index (χ3v) is 3.27. The van der Waals surface area contributed by atoms with Crippen molar-refractivity contribution in [1.29, 1.82) is 0 Å². The molecule has 5 heteroatoms. The predicted molar refractivity (Wildman–Crippen MR) is 77.0 cm³/mol. The number of hydrogen-bond donors (Lipinski definition) is 1. The molecular weight excluding hydrogens is 244 g/mol. The Morgan fingerprint density at radius 3 is 1.95 bits per heavy atom. The highest BCUT2D eigenvalue weighted by molar-refractivity contribution is 5.82. The summed E-state index contributed by atoms with van der Waals surface area (Å²) in [5, 5.41) is 0. The van der Waals surface area contributed by atoms with Crippen molar-refractivity contribution < 1.29 is 14.3 Å². The van der Waals surface area contributed by atoms with E-state index < -0.39 is 6.04 Å². The third-order valence-electron chi connectivity index (χ3n) is 3.27. The maximum Gasteiger partial charge on any atom is 0.239 e. The number of nitrogens with zero attached hydrogens (tertiary/aromatic N) is 1. The Balaban J connectivity index is 4.38. The van der Waals surface area contributed by atoms with Crippen molar-refractivity contribution in [3.05, 3.63) is 0 Å². The van der Waals surface area contributed by atoms with Crippen molar-refractivity contribution in [3.63, 3.8) is 0 Å². The summed E-state index contributed by atoms with van der Waals surface area (Å²) in [5.41, 5.74) is 6.01. The molecule has 0 saturated heterocycles. The molecule has 0 fully saturated rings. The van der Waals surface area contributed by atoms with Crippen molar-refractivity contribution in [2.75, 3.05) is 39.5 Å². The molecule has 0 aromatic carbocycles. The normalized spacial score (nSPS) is 14.2. The van der Waals surface area contributed by atoms with Gasteiger partial charge in [-0.3, -0.25) is 4.79 Å². The van der Waals surface area contributed by atoms with Gasteiger partial charge in [-0.15, -0.1) is 0 Å². The molecule has 0 heterocycles. The summed E-state index contributed by atoms with van der Waals surface area (Å²) in [7, 11) is 0. The average molecular weight is 274 g/mol. The molecule has 0 aliphatic rings. The van der Waals surface area contributed by atoms with E-state index in [0.29, 0.717) is 39.5 Å². The highest BCUT2D eigenvalue weighted by atomic mass is 16.5. The van der Waals surface area contributed by atoms with E-state index in [-0.39, 0.29) is 11.8 Å². The molecule has 1 unspecified atom stereocenters. The second kappa shape index (κ2) is 11.2. The molecule has 0 saturated carbocycles. The number of hydrogen-bond acceptors (Lipinski definition) is 4. The number of rotatable bonds is 11. The number of carbonyl (C=O) groups is 1. The lowest BCUT2D eigenvalue weighted by Gasteiger charge is -2.28. The Morgan fingerprint density at radius 1 is 1.11 bits per heavy atom. The molecule has 0 aromatic rings. The minimum Gasteiger partial charge on any atom is -0.380 e. The van der Waals surface area contributed by atoms with Crippen molar-refractivity contribution in [2.45, 2.75) is 40.2 Å². The van der Waals surface area contributed by atoms with Gasteiger partial charge < -0.3 is 20.1 Å². The van der Waals surface area contributed by atoms with Crippen LogP contribution in [0.15, 0.2) is 0 Å². The van der Waals surface area contributed by atoms with Gasteiger partial charge in [0.15, 0.2) is 0 Å². The maximum atomic E-state index is 12.3. The zero-order chi connectivity index (χ0) is 14.7. The van der Waals surface area contributed by atoms with Gasteiger partial charge in [-0.2, -0.15) is 0 Å². The van der Waals surface area contributed by atoms with E-state index in [0.717, 1.165) is 6.42 Å². The minimum absolute atomic E-state index is 0.00578. The quantitative estimate of drug-likeness (QED) is 0.576. The van der Waals surface area contributed by atoms with E-state index in [1.807, 2.05) is 27.7 Å². The van der Waals surface area contributed by atoms with Gasteiger partial charge in [0.2, 0.25) is 5.91 Å². The Morgan fingerprint density at radius 2 is 1.58 bits per heavy atom. The highest BCUT2D eigenvalue weighted by Crippen LogP contribution is 2.08. The summed E-state index contributed by atoms with van der Waals surface area (Å²) >= 11 is 0. The number of nitrogens with two attached hydrogens (primary N) is 1. The fraction of sp³-hybridized carbons (Fsp3) is 0.929. The van der Waals surface area contributed by atoms with E-state index in [9.17, 15) is 4.79 Å². The monoisotopic (exact) mass is 274 g/mol. The Labute approximate surface area is 117 Å². The van der Waals surface area contributed by atoms with Crippen molar-refractivity contribution in [2.24, 2.45) is 11.7 Å². The van der Waals surface area contributed by atoms with Gasteiger partial charge in [-0.05, 0) is 19.8 Å². The van der Waals surface area contributed by atoms with Crippen LogP contribution in [0.3, 0.4) is 0 Å². The average Bonchev–Trinajstić information content (AvgIpc) is 2.43. The molecule has 1 amide bonds. The van der Waals surface area contributed by atoms with E-state index in [4.69, 9.17) is 15.2 Å². The molecule has 0 radical (unpaired) electrons. The van der Waals surface area contributed by atoms with Crippen LogP contribution in [-0.4, -0.2) is 56.4 Å². The van der Waals surface area contributed by atoms with E-state index in [1.54, 1.807) is 4.90 Å². The van der Waals surface area contributed by atoms with Crippen LogP contribution in [0.4, 0.5) is 0 Å². The first kappa shape index (κ1) is 18.4. The molecule has 5 nitrogen and oxygen atoms in total. The zero-order valence-electron chi connectivity index (χ0n) is 12.9. The van der Waals surface area contributed by atoms with Crippen LogP contribution < -0.4 is 5.73 Å². The van der Waals surface area contributed by atoms with Crippen molar-refractivity contribution >= 4 is 5.91 Å². The van der Waals surface area contributed by atoms with Crippen LogP contribution in [0.1, 0.15) is 34.1 Å². The Kier molecular flexibility index (Phi) is 10.8. The fourth-order valence-corrected chi connectivity index (χ4v) is 1.68. The number of ether oxygens (including phenoxy) is 2. The molecule has 2 atom stereocenters. The Hall–Kier alpha value is -0.650. The van der Waals surface area contributed by atoms with Gasteiger partial charge in [0.1, 0.15) is 0 Å². The summed E-state index contributed by atoms with van der Waals surface area (Å²) in [5.74, 6) is 0.183. The molecular formula is C14H30N2O3. The highest BCUT2D eigenvalue weighted by Gasteiger charge is 2.24. The molecule has 0 aliphatic heterocycles. The van der Waals surface area contributed by atoms with Crippen LogP contribution in [0.5, 0.6) is 0 Å².